The van der Waals surface area contributed by atoms with Crippen LogP contribution >= 0.6 is 0 Å². The van der Waals surface area contributed by atoms with Gasteiger partial charge in [-0.3, -0.25) is 14.6 Å². The Balaban J connectivity index is 1.66. The Morgan fingerprint density at radius 3 is 2.79 bits per heavy atom. The van der Waals surface area contributed by atoms with Gasteiger partial charge in [0.2, 0.25) is 11.8 Å². The van der Waals surface area contributed by atoms with Crippen LogP contribution in [0.15, 0.2) is 18.6 Å². The quantitative estimate of drug-likeness (QED) is 0.873. The summed E-state index contributed by atoms with van der Waals surface area (Å²) >= 11 is 0. The molecule has 2 amide bonds. The van der Waals surface area contributed by atoms with E-state index in [1.807, 2.05) is 0 Å². The van der Waals surface area contributed by atoms with E-state index in [0.717, 1.165) is 25.7 Å². The Bertz CT molecular complexity index is 487. The summed E-state index contributed by atoms with van der Waals surface area (Å²) in [5, 5.41) is 2.72. The highest BCUT2D eigenvalue weighted by molar-refractivity contribution is 5.97. The fourth-order valence-electron chi connectivity index (χ4n) is 2.44. The molecule has 1 unspecified atom stereocenters. The molecule has 1 saturated carbocycles. The van der Waals surface area contributed by atoms with Crippen molar-refractivity contribution in [3.05, 3.63) is 18.6 Å². The molecule has 1 aromatic heterocycles. The Morgan fingerprint density at radius 2 is 2.11 bits per heavy atom. The van der Waals surface area contributed by atoms with Gasteiger partial charge in [0.25, 0.3) is 0 Å². The number of carbonyl (C=O) groups is 2. The van der Waals surface area contributed by atoms with Crippen molar-refractivity contribution in [3.8, 4) is 0 Å². The molecule has 1 atom stereocenters. The number of nitrogens with zero attached hydrogens (tertiary/aromatic N) is 3. The smallest absolute Gasteiger partial charge is 0.248 e. The SMILES string of the molecule is O=C(Nc1cnccn1)C1CCCN1C(=O)C1CC1. The van der Waals surface area contributed by atoms with Crippen LogP contribution in [0.1, 0.15) is 25.7 Å². The highest BCUT2D eigenvalue weighted by Crippen LogP contribution is 2.33. The molecule has 6 nitrogen and oxygen atoms in total. The summed E-state index contributed by atoms with van der Waals surface area (Å²) in [5.41, 5.74) is 0. The number of carbonyl (C=O) groups excluding carboxylic acids is 2. The number of likely N-dealkylation sites (tertiary alicyclic amines) is 1. The highest BCUT2D eigenvalue weighted by Gasteiger charge is 2.40. The predicted molar refractivity (Wildman–Crippen MR) is 68.1 cm³/mol. The third-order valence-corrected chi connectivity index (χ3v) is 3.58. The molecular weight excluding hydrogens is 244 g/mol. The van der Waals surface area contributed by atoms with Crippen LogP contribution in [0, 0.1) is 5.92 Å². The number of anilines is 1. The molecule has 19 heavy (non-hydrogen) atoms. The number of rotatable bonds is 3. The van der Waals surface area contributed by atoms with Crippen molar-refractivity contribution < 1.29 is 9.59 Å². The summed E-state index contributed by atoms with van der Waals surface area (Å²) < 4.78 is 0. The van der Waals surface area contributed by atoms with Crippen LogP contribution in [0.3, 0.4) is 0 Å². The minimum Gasteiger partial charge on any atom is -0.330 e. The largest absolute Gasteiger partial charge is 0.330 e. The standard InChI is InChI=1S/C13H16N4O2/c18-12(16-11-8-14-5-6-15-11)10-2-1-7-17(10)13(19)9-3-4-9/h5-6,8-10H,1-4,7H2,(H,15,16,18). The lowest BCUT2D eigenvalue weighted by molar-refractivity contribution is -0.137. The van der Waals surface area contributed by atoms with Gasteiger partial charge in [0.15, 0.2) is 5.82 Å². The second-order valence-corrected chi connectivity index (χ2v) is 5.04. The van der Waals surface area contributed by atoms with Gasteiger partial charge in [-0.05, 0) is 25.7 Å². The third-order valence-electron chi connectivity index (χ3n) is 3.58. The van der Waals surface area contributed by atoms with Gasteiger partial charge in [-0.1, -0.05) is 0 Å². The van der Waals surface area contributed by atoms with Crippen molar-refractivity contribution in [2.24, 2.45) is 5.92 Å². The van der Waals surface area contributed by atoms with E-state index in [0.29, 0.717) is 12.4 Å². The minimum atomic E-state index is -0.352. The van der Waals surface area contributed by atoms with Gasteiger partial charge in [0.1, 0.15) is 6.04 Å². The van der Waals surface area contributed by atoms with Crippen LogP contribution in [0.25, 0.3) is 0 Å². The van der Waals surface area contributed by atoms with Gasteiger partial charge in [0.05, 0.1) is 6.20 Å². The number of nitrogens with one attached hydrogen (secondary N) is 1. The van der Waals surface area contributed by atoms with Crippen LogP contribution < -0.4 is 5.32 Å². The molecule has 1 aromatic rings. The second-order valence-electron chi connectivity index (χ2n) is 5.04. The lowest BCUT2D eigenvalue weighted by atomic mass is 10.2. The van der Waals surface area contributed by atoms with Gasteiger partial charge in [-0.25, -0.2) is 4.98 Å². The average molecular weight is 260 g/mol. The van der Waals surface area contributed by atoms with Crippen molar-refractivity contribution in [2.75, 3.05) is 11.9 Å². The maximum absolute atomic E-state index is 12.2. The molecule has 1 aliphatic heterocycles. The van der Waals surface area contributed by atoms with E-state index in [2.05, 4.69) is 15.3 Å². The first kappa shape index (κ1) is 12.1. The summed E-state index contributed by atoms with van der Waals surface area (Å²) in [6.45, 7) is 0.688. The van der Waals surface area contributed by atoms with Crippen LogP contribution in [0.4, 0.5) is 5.82 Å². The van der Waals surface area contributed by atoms with E-state index in [9.17, 15) is 9.59 Å². The second kappa shape index (κ2) is 4.95. The zero-order valence-electron chi connectivity index (χ0n) is 10.6. The molecule has 1 aliphatic carbocycles. The lowest BCUT2D eigenvalue weighted by Gasteiger charge is -2.23. The van der Waals surface area contributed by atoms with E-state index >= 15 is 0 Å². The molecular formula is C13H16N4O2. The Kier molecular flexibility index (Phi) is 3.15. The molecule has 2 fully saturated rings. The van der Waals surface area contributed by atoms with Gasteiger partial charge in [-0.2, -0.15) is 0 Å². The monoisotopic (exact) mass is 260 g/mol. The molecule has 0 aromatic carbocycles. The van der Waals surface area contributed by atoms with Crippen molar-refractivity contribution >= 4 is 17.6 Å². The van der Waals surface area contributed by atoms with E-state index in [4.69, 9.17) is 0 Å². The Morgan fingerprint density at radius 1 is 1.26 bits per heavy atom. The summed E-state index contributed by atoms with van der Waals surface area (Å²) in [5.74, 6) is 0.562. The first-order valence-corrected chi connectivity index (χ1v) is 6.63. The fourth-order valence-corrected chi connectivity index (χ4v) is 2.44. The van der Waals surface area contributed by atoms with Crippen molar-refractivity contribution in [1.82, 2.24) is 14.9 Å². The average Bonchev–Trinajstić information content (AvgIpc) is 3.16. The molecule has 0 bridgehead atoms. The molecule has 2 aliphatic rings. The Hall–Kier alpha value is -1.98. The molecule has 2 heterocycles. The number of hydrogen-bond acceptors (Lipinski definition) is 4. The van der Waals surface area contributed by atoms with Crippen molar-refractivity contribution in [3.63, 3.8) is 0 Å². The zero-order chi connectivity index (χ0) is 13.2. The highest BCUT2D eigenvalue weighted by atomic mass is 16.2. The van der Waals surface area contributed by atoms with E-state index in [1.54, 1.807) is 11.1 Å². The van der Waals surface area contributed by atoms with Crippen LogP contribution in [0.5, 0.6) is 0 Å². The minimum absolute atomic E-state index is 0.136. The number of aromatic nitrogens is 2. The van der Waals surface area contributed by atoms with Gasteiger partial charge in [-0.15, -0.1) is 0 Å². The van der Waals surface area contributed by atoms with Crippen molar-refractivity contribution in [1.29, 1.82) is 0 Å². The summed E-state index contributed by atoms with van der Waals surface area (Å²) in [4.78, 5) is 33.9. The number of hydrogen-bond donors (Lipinski definition) is 1. The maximum atomic E-state index is 12.2. The molecule has 6 heteroatoms. The topological polar surface area (TPSA) is 75.2 Å². The molecule has 1 N–H and O–H groups in total. The molecule has 3 rings (SSSR count). The molecule has 100 valence electrons. The van der Waals surface area contributed by atoms with E-state index < -0.39 is 0 Å². The van der Waals surface area contributed by atoms with Crippen LogP contribution in [-0.4, -0.2) is 39.3 Å². The summed E-state index contributed by atoms with van der Waals surface area (Å²) in [6.07, 6.45) is 8.12. The zero-order valence-corrected chi connectivity index (χ0v) is 10.6. The maximum Gasteiger partial charge on any atom is 0.248 e. The van der Waals surface area contributed by atoms with Gasteiger partial charge >= 0.3 is 0 Å². The third kappa shape index (κ3) is 2.57. The lowest BCUT2D eigenvalue weighted by Crippen LogP contribution is -2.43. The van der Waals surface area contributed by atoms with E-state index in [-0.39, 0.29) is 23.8 Å². The Labute approximate surface area is 111 Å². The summed E-state index contributed by atoms with van der Waals surface area (Å²) in [6, 6.07) is -0.352. The first-order chi connectivity index (χ1) is 9.25. The molecule has 1 saturated heterocycles. The van der Waals surface area contributed by atoms with E-state index in [1.165, 1.54) is 12.4 Å². The fraction of sp³-hybridized carbons (Fsp3) is 0.538. The van der Waals surface area contributed by atoms with Gasteiger partial charge < -0.3 is 10.2 Å². The van der Waals surface area contributed by atoms with Gasteiger partial charge in [0, 0.05) is 24.9 Å². The van der Waals surface area contributed by atoms with Crippen molar-refractivity contribution in [2.45, 2.75) is 31.7 Å². The summed E-state index contributed by atoms with van der Waals surface area (Å²) in [7, 11) is 0. The van der Waals surface area contributed by atoms with Crippen LogP contribution in [0.2, 0.25) is 0 Å². The predicted octanol–water partition coefficient (Wildman–Crippen LogP) is 0.816. The molecule has 0 radical (unpaired) electrons. The number of amides is 2. The normalized spacial score (nSPS) is 22.3. The van der Waals surface area contributed by atoms with Crippen LogP contribution in [-0.2, 0) is 9.59 Å². The molecule has 0 spiro atoms. The first-order valence-electron chi connectivity index (χ1n) is 6.63.